The van der Waals surface area contributed by atoms with Crippen LogP contribution in [0.25, 0.3) is 0 Å². The van der Waals surface area contributed by atoms with Crippen molar-refractivity contribution in [3.05, 3.63) is 96.1 Å². The van der Waals surface area contributed by atoms with Gasteiger partial charge < -0.3 is 9.47 Å². The zero-order valence-electron chi connectivity index (χ0n) is 21.2. The Morgan fingerprint density at radius 2 is 1.62 bits per heavy atom. The fourth-order valence-electron chi connectivity index (χ4n) is 3.35. The topological polar surface area (TPSA) is 97.3 Å². The lowest BCUT2D eigenvalue weighted by Gasteiger charge is -2.24. The molecule has 0 bridgehead atoms. The van der Waals surface area contributed by atoms with Crippen LogP contribution < -0.4 is 19.2 Å². The molecule has 0 radical (unpaired) electrons. The highest BCUT2D eigenvalue weighted by atomic mass is 32.2. The molecule has 0 unspecified atom stereocenters. The lowest BCUT2D eigenvalue weighted by atomic mass is 10.2. The molecule has 3 rings (SSSR count). The van der Waals surface area contributed by atoms with E-state index in [0.29, 0.717) is 36.0 Å². The van der Waals surface area contributed by atoms with Gasteiger partial charge in [-0.2, -0.15) is 5.10 Å². The van der Waals surface area contributed by atoms with Crippen LogP contribution in [0.15, 0.2) is 89.4 Å². The van der Waals surface area contributed by atoms with Gasteiger partial charge in [0, 0.05) is 0 Å². The third kappa shape index (κ3) is 7.44. The van der Waals surface area contributed by atoms with Crippen LogP contribution in [-0.2, 0) is 14.8 Å². The molecule has 0 aliphatic carbocycles. The third-order valence-corrected chi connectivity index (χ3v) is 7.03. The zero-order valence-corrected chi connectivity index (χ0v) is 22.0. The number of hydrogen-bond acceptors (Lipinski definition) is 6. The first-order valence-electron chi connectivity index (χ1n) is 11.7. The van der Waals surface area contributed by atoms with Gasteiger partial charge in [0.15, 0.2) is 11.5 Å². The molecule has 0 atom stereocenters. The molecule has 0 aromatic heterocycles. The summed E-state index contributed by atoms with van der Waals surface area (Å²) >= 11 is 0. The van der Waals surface area contributed by atoms with Crippen molar-refractivity contribution >= 4 is 27.8 Å². The Kier molecular flexibility index (Phi) is 9.45. The standard InChI is InChI=1S/C28H31N3O5S/c1-5-17-36-26-16-11-23(18-27(26)35-6-2)19-29-30-28(32)20-31(24-12-7-21(3)8-13-24)37(33,34)25-14-9-22(4)10-15-25/h5,7-16,18-19H,1,6,17,20H2,2-4H3,(H,30,32)/b29-19-. The van der Waals surface area contributed by atoms with Crippen molar-refractivity contribution in [3.8, 4) is 11.5 Å². The second kappa shape index (κ2) is 12.7. The quantitative estimate of drug-likeness (QED) is 0.213. The summed E-state index contributed by atoms with van der Waals surface area (Å²) in [7, 11) is -4.00. The normalized spacial score (nSPS) is 11.2. The molecular formula is C28H31N3O5S. The van der Waals surface area contributed by atoms with Gasteiger partial charge in [-0.3, -0.25) is 9.10 Å². The fraction of sp³-hybridized carbons (Fsp3) is 0.214. The lowest BCUT2D eigenvalue weighted by molar-refractivity contribution is -0.119. The molecule has 194 valence electrons. The number of anilines is 1. The van der Waals surface area contributed by atoms with Gasteiger partial charge in [-0.15, -0.1) is 0 Å². The van der Waals surface area contributed by atoms with Crippen molar-refractivity contribution in [2.24, 2.45) is 5.10 Å². The van der Waals surface area contributed by atoms with E-state index < -0.39 is 22.5 Å². The first-order valence-corrected chi connectivity index (χ1v) is 13.2. The number of aryl methyl sites for hydroxylation is 2. The van der Waals surface area contributed by atoms with Gasteiger partial charge in [0.25, 0.3) is 15.9 Å². The van der Waals surface area contributed by atoms with Crippen molar-refractivity contribution in [3.63, 3.8) is 0 Å². The Labute approximate surface area is 218 Å². The number of hydrogen-bond donors (Lipinski definition) is 1. The van der Waals surface area contributed by atoms with E-state index in [9.17, 15) is 13.2 Å². The van der Waals surface area contributed by atoms with Crippen LogP contribution in [0, 0.1) is 13.8 Å². The van der Waals surface area contributed by atoms with E-state index >= 15 is 0 Å². The number of benzene rings is 3. The largest absolute Gasteiger partial charge is 0.490 e. The maximum Gasteiger partial charge on any atom is 0.264 e. The number of nitrogens with one attached hydrogen (secondary N) is 1. The van der Waals surface area contributed by atoms with E-state index in [1.54, 1.807) is 60.7 Å². The summed E-state index contributed by atoms with van der Waals surface area (Å²) in [6.45, 7) is 9.62. The molecule has 0 saturated carbocycles. The van der Waals surface area contributed by atoms with Crippen molar-refractivity contribution < 1.29 is 22.7 Å². The Morgan fingerprint density at radius 3 is 2.24 bits per heavy atom. The maximum absolute atomic E-state index is 13.4. The molecule has 0 aliphatic rings. The smallest absolute Gasteiger partial charge is 0.264 e. The first kappa shape index (κ1) is 27.5. The van der Waals surface area contributed by atoms with Gasteiger partial charge in [-0.05, 0) is 68.8 Å². The van der Waals surface area contributed by atoms with E-state index in [4.69, 9.17) is 9.47 Å². The van der Waals surface area contributed by atoms with Crippen LogP contribution in [0.4, 0.5) is 5.69 Å². The summed E-state index contributed by atoms with van der Waals surface area (Å²) in [5, 5.41) is 4.00. The highest BCUT2D eigenvalue weighted by Gasteiger charge is 2.27. The molecule has 1 amide bonds. The van der Waals surface area contributed by atoms with Crippen LogP contribution in [0.1, 0.15) is 23.6 Å². The number of ether oxygens (including phenoxy) is 2. The van der Waals surface area contributed by atoms with Gasteiger partial charge in [-0.1, -0.05) is 48.0 Å². The Balaban J connectivity index is 1.78. The van der Waals surface area contributed by atoms with Gasteiger partial charge >= 0.3 is 0 Å². The van der Waals surface area contributed by atoms with Crippen molar-refractivity contribution in [2.45, 2.75) is 25.7 Å². The Hall–Kier alpha value is -4.11. The molecule has 0 saturated heterocycles. The SMILES string of the molecule is C=CCOc1ccc(/C=N\NC(=O)CN(c2ccc(C)cc2)S(=O)(=O)c2ccc(C)cc2)cc1OCC. The van der Waals surface area contributed by atoms with Crippen molar-refractivity contribution in [1.82, 2.24) is 5.43 Å². The van der Waals surface area contributed by atoms with E-state index in [1.807, 2.05) is 20.8 Å². The summed E-state index contributed by atoms with van der Waals surface area (Å²) in [5.74, 6) is 0.510. The van der Waals surface area contributed by atoms with Crippen LogP contribution in [0.3, 0.4) is 0 Å². The van der Waals surface area contributed by atoms with Crippen LogP contribution >= 0.6 is 0 Å². The average molecular weight is 522 g/mol. The minimum Gasteiger partial charge on any atom is -0.490 e. The van der Waals surface area contributed by atoms with Crippen molar-refractivity contribution in [2.75, 3.05) is 24.1 Å². The number of carbonyl (C=O) groups is 1. The van der Waals surface area contributed by atoms with Gasteiger partial charge in [0.2, 0.25) is 0 Å². The summed E-state index contributed by atoms with van der Waals surface area (Å²) in [6, 6.07) is 18.7. The molecular weight excluding hydrogens is 490 g/mol. The van der Waals surface area contributed by atoms with E-state index in [0.717, 1.165) is 15.4 Å². The zero-order chi connectivity index (χ0) is 26.8. The monoisotopic (exact) mass is 521 g/mol. The van der Waals surface area contributed by atoms with Gasteiger partial charge in [0.05, 0.1) is 23.4 Å². The molecule has 1 N–H and O–H groups in total. The average Bonchev–Trinajstić information content (AvgIpc) is 2.88. The third-order valence-electron chi connectivity index (χ3n) is 5.25. The molecule has 37 heavy (non-hydrogen) atoms. The summed E-state index contributed by atoms with van der Waals surface area (Å²) in [5.41, 5.74) is 5.36. The molecule has 0 fully saturated rings. The molecule has 0 aliphatic heterocycles. The highest BCUT2D eigenvalue weighted by Crippen LogP contribution is 2.28. The molecule has 8 nitrogen and oxygen atoms in total. The van der Waals surface area contributed by atoms with Crippen molar-refractivity contribution in [1.29, 1.82) is 0 Å². The minimum atomic E-state index is -4.00. The number of sulfonamides is 1. The number of amides is 1. The number of rotatable bonds is 12. The summed E-state index contributed by atoms with van der Waals surface area (Å²) in [6.07, 6.45) is 3.09. The minimum absolute atomic E-state index is 0.0946. The number of hydrazone groups is 1. The Bertz CT molecular complexity index is 1350. The van der Waals surface area contributed by atoms with Crippen LogP contribution in [0.2, 0.25) is 0 Å². The Morgan fingerprint density at radius 1 is 0.973 bits per heavy atom. The molecule has 9 heteroatoms. The second-order valence-electron chi connectivity index (χ2n) is 8.19. The predicted octanol–water partition coefficient (Wildman–Crippen LogP) is 4.61. The lowest BCUT2D eigenvalue weighted by Crippen LogP contribution is -2.39. The molecule has 0 heterocycles. The van der Waals surface area contributed by atoms with Gasteiger partial charge in [-0.25, -0.2) is 13.8 Å². The molecule has 3 aromatic carbocycles. The predicted molar refractivity (Wildman–Crippen MR) is 146 cm³/mol. The number of carbonyl (C=O) groups excluding carboxylic acids is 1. The number of nitrogens with zero attached hydrogens (tertiary/aromatic N) is 2. The maximum atomic E-state index is 13.4. The van der Waals surface area contributed by atoms with Gasteiger partial charge in [0.1, 0.15) is 13.2 Å². The molecule has 3 aromatic rings. The van der Waals surface area contributed by atoms with E-state index in [1.165, 1.54) is 18.3 Å². The summed E-state index contributed by atoms with van der Waals surface area (Å²) in [4.78, 5) is 12.9. The fourth-order valence-corrected chi connectivity index (χ4v) is 4.77. The first-order chi connectivity index (χ1) is 17.7. The summed E-state index contributed by atoms with van der Waals surface area (Å²) < 4.78 is 39.2. The molecule has 0 spiro atoms. The van der Waals surface area contributed by atoms with Crippen LogP contribution in [0.5, 0.6) is 11.5 Å². The van der Waals surface area contributed by atoms with E-state index in [2.05, 4.69) is 17.1 Å². The highest BCUT2D eigenvalue weighted by molar-refractivity contribution is 7.92. The van der Waals surface area contributed by atoms with Crippen LogP contribution in [-0.4, -0.2) is 40.3 Å². The van der Waals surface area contributed by atoms with E-state index in [-0.39, 0.29) is 4.90 Å². The second-order valence-corrected chi connectivity index (χ2v) is 10.1.